The number of nitrogens with zero attached hydrogens (tertiary/aromatic N) is 5. The molecule has 0 bridgehead atoms. The largest absolute Gasteiger partial charge is 0.353 e. The van der Waals surface area contributed by atoms with Crippen LogP contribution in [-0.2, 0) is 0 Å². The molecule has 1 aliphatic heterocycles. The van der Waals surface area contributed by atoms with Gasteiger partial charge in [0.1, 0.15) is 5.82 Å². The van der Waals surface area contributed by atoms with Crippen molar-refractivity contribution in [2.24, 2.45) is 0 Å². The molecular weight excluding hydrogens is 274 g/mol. The Hall–Kier alpha value is -2.43. The van der Waals surface area contributed by atoms with Gasteiger partial charge in [0.15, 0.2) is 0 Å². The van der Waals surface area contributed by atoms with Crippen molar-refractivity contribution in [3.05, 3.63) is 47.9 Å². The summed E-state index contributed by atoms with van der Waals surface area (Å²) in [5.74, 6) is 0.961. The third kappa shape index (κ3) is 2.22. The van der Waals surface area contributed by atoms with E-state index >= 15 is 0 Å². The van der Waals surface area contributed by atoms with Crippen LogP contribution in [0.4, 0.5) is 5.82 Å². The van der Waals surface area contributed by atoms with Crippen molar-refractivity contribution in [3.63, 3.8) is 0 Å². The Balaban J connectivity index is 1.60. The first kappa shape index (κ1) is 13.2. The zero-order valence-corrected chi connectivity index (χ0v) is 12.9. The van der Waals surface area contributed by atoms with Gasteiger partial charge >= 0.3 is 0 Å². The second-order valence-electron chi connectivity index (χ2n) is 5.98. The molecule has 5 heteroatoms. The van der Waals surface area contributed by atoms with Crippen LogP contribution >= 0.6 is 0 Å². The van der Waals surface area contributed by atoms with Gasteiger partial charge in [-0.15, -0.1) is 0 Å². The quantitative estimate of drug-likeness (QED) is 0.729. The first-order valence-electron chi connectivity index (χ1n) is 7.70. The van der Waals surface area contributed by atoms with E-state index in [1.54, 1.807) is 0 Å². The summed E-state index contributed by atoms with van der Waals surface area (Å²) in [6.07, 6.45) is 2.97. The lowest BCUT2D eigenvalue weighted by atomic mass is 10.2. The van der Waals surface area contributed by atoms with E-state index in [1.165, 1.54) is 5.69 Å². The predicted molar refractivity (Wildman–Crippen MR) is 87.1 cm³/mol. The van der Waals surface area contributed by atoms with E-state index in [4.69, 9.17) is 4.98 Å². The van der Waals surface area contributed by atoms with Gasteiger partial charge in [0, 0.05) is 18.8 Å². The third-order valence-corrected chi connectivity index (χ3v) is 4.31. The molecule has 0 saturated carbocycles. The van der Waals surface area contributed by atoms with Crippen molar-refractivity contribution < 1.29 is 0 Å². The molecule has 1 aromatic carbocycles. The highest BCUT2D eigenvalue weighted by molar-refractivity contribution is 5.75. The van der Waals surface area contributed by atoms with Crippen LogP contribution < -0.4 is 4.90 Å². The summed E-state index contributed by atoms with van der Waals surface area (Å²) in [5, 5.41) is 4.62. The summed E-state index contributed by atoms with van der Waals surface area (Å²) >= 11 is 0. The van der Waals surface area contributed by atoms with Gasteiger partial charge in [0.05, 0.1) is 29.0 Å². The summed E-state index contributed by atoms with van der Waals surface area (Å²) < 4.78 is 2.16. The van der Waals surface area contributed by atoms with Crippen molar-refractivity contribution >= 4 is 16.9 Å². The number of aryl methyl sites for hydroxylation is 2. The lowest BCUT2D eigenvalue weighted by Gasteiger charge is -2.18. The maximum Gasteiger partial charge on any atom is 0.147 e. The fourth-order valence-electron chi connectivity index (χ4n) is 3.27. The molecule has 22 heavy (non-hydrogen) atoms. The van der Waals surface area contributed by atoms with Crippen LogP contribution in [0.5, 0.6) is 0 Å². The summed E-state index contributed by atoms with van der Waals surface area (Å²) in [6.45, 7) is 6.11. The van der Waals surface area contributed by atoms with Crippen molar-refractivity contribution in [1.29, 1.82) is 0 Å². The lowest BCUT2D eigenvalue weighted by molar-refractivity contribution is 0.481. The van der Waals surface area contributed by atoms with E-state index in [-0.39, 0.29) is 0 Å². The highest BCUT2D eigenvalue weighted by atomic mass is 15.3. The number of rotatable bonds is 2. The molecule has 1 aliphatic rings. The minimum absolute atomic E-state index is 0.418. The van der Waals surface area contributed by atoms with Crippen LogP contribution in [-0.4, -0.2) is 32.8 Å². The van der Waals surface area contributed by atoms with Crippen LogP contribution in [0.25, 0.3) is 11.0 Å². The average Bonchev–Trinajstić information content (AvgIpc) is 3.13. The van der Waals surface area contributed by atoms with E-state index in [0.717, 1.165) is 42.1 Å². The van der Waals surface area contributed by atoms with Crippen LogP contribution in [0.15, 0.2) is 36.5 Å². The minimum atomic E-state index is 0.418. The van der Waals surface area contributed by atoms with Gasteiger partial charge in [0.25, 0.3) is 0 Å². The number of aromatic nitrogens is 4. The molecule has 4 rings (SSSR count). The second-order valence-corrected chi connectivity index (χ2v) is 5.98. The summed E-state index contributed by atoms with van der Waals surface area (Å²) in [6, 6.07) is 10.6. The summed E-state index contributed by atoms with van der Waals surface area (Å²) in [7, 11) is 0. The normalized spacial score (nSPS) is 18.3. The molecule has 3 aromatic rings. The molecule has 3 heterocycles. The third-order valence-electron chi connectivity index (χ3n) is 4.31. The van der Waals surface area contributed by atoms with Gasteiger partial charge in [-0.05, 0) is 38.5 Å². The van der Waals surface area contributed by atoms with Crippen LogP contribution in [0.2, 0.25) is 0 Å². The Morgan fingerprint density at radius 1 is 1.14 bits per heavy atom. The Morgan fingerprint density at radius 3 is 2.73 bits per heavy atom. The Morgan fingerprint density at radius 2 is 1.95 bits per heavy atom. The van der Waals surface area contributed by atoms with Gasteiger partial charge in [-0.1, -0.05) is 12.1 Å². The van der Waals surface area contributed by atoms with E-state index < -0.39 is 0 Å². The van der Waals surface area contributed by atoms with Gasteiger partial charge in [-0.25, -0.2) is 4.98 Å². The van der Waals surface area contributed by atoms with E-state index in [1.807, 2.05) is 37.4 Å². The maximum atomic E-state index is 4.75. The highest BCUT2D eigenvalue weighted by Gasteiger charge is 2.26. The Bertz CT molecular complexity index is 823. The summed E-state index contributed by atoms with van der Waals surface area (Å²) in [5.41, 5.74) is 4.21. The van der Waals surface area contributed by atoms with Crippen molar-refractivity contribution in [2.75, 3.05) is 18.0 Å². The monoisotopic (exact) mass is 293 g/mol. The molecule has 0 amide bonds. The maximum absolute atomic E-state index is 4.75. The number of hydrogen-bond donors (Lipinski definition) is 0. The van der Waals surface area contributed by atoms with Crippen LogP contribution in [0.3, 0.4) is 0 Å². The molecule has 1 atom stereocenters. The topological polar surface area (TPSA) is 46.8 Å². The molecule has 1 saturated heterocycles. The smallest absolute Gasteiger partial charge is 0.147 e. The molecule has 0 radical (unpaired) electrons. The molecule has 0 N–H and O–H groups in total. The molecule has 112 valence electrons. The average molecular weight is 293 g/mol. The first-order chi connectivity index (χ1) is 10.7. The molecule has 1 unspecified atom stereocenters. The summed E-state index contributed by atoms with van der Waals surface area (Å²) in [4.78, 5) is 11.6. The molecule has 0 spiro atoms. The second kappa shape index (κ2) is 5.09. The number of para-hydroxylation sites is 2. The van der Waals surface area contributed by atoms with Gasteiger partial charge in [-0.3, -0.25) is 9.67 Å². The Labute approximate surface area is 129 Å². The Kier molecular flexibility index (Phi) is 3.06. The zero-order valence-electron chi connectivity index (χ0n) is 12.9. The molecule has 2 aromatic heterocycles. The standard InChI is InChI=1S/C17H19N5/c1-12-9-13(2)22(20-12)14-7-8-21(11-14)17-10-18-15-5-3-4-6-16(15)19-17/h3-6,9-10,14H,7-8,11H2,1-2H3. The fraction of sp³-hybridized carbons (Fsp3) is 0.353. The van der Waals surface area contributed by atoms with E-state index in [9.17, 15) is 0 Å². The zero-order chi connectivity index (χ0) is 15.1. The number of benzene rings is 1. The van der Waals surface area contributed by atoms with Gasteiger partial charge < -0.3 is 4.90 Å². The number of fused-ring (bicyclic) bond motifs is 1. The van der Waals surface area contributed by atoms with E-state index in [0.29, 0.717) is 6.04 Å². The van der Waals surface area contributed by atoms with Crippen molar-refractivity contribution in [3.8, 4) is 0 Å². The van der Waals surface area contributed by atoms with Gasteiger partial charge in [0.2, 0.25) is 0 Å². The van der Waals surface area contributed by atoms with Crippen molar-refractivity contribution in [2.45, 2.75) is 26.3 Å². The highest BCUT2D eigenvalue weighted by Crippen LogP contribution is 2.27. The lowest BCUT2D eigenvalue weighted by Crippen LogP contribution is -2.22. The van der Waals surface area contributed by atoms with Gasteiger partial charge in [-0.2, -0.15) is 5.10 Å². The molecule has 0 aliphatic carbocycles. The molecule has 5 nitrogen and oxygen atoms in total. The van der Waals surface area contributed by atoms with Crippen LogP contribution in [0.1, 0.15) is 23.9 Å². The van der Waals surface area contributed by atoms with E-state index in [2.05, 4.69) is 32.7 Å². The number of hydrogen-bond acceptors (Lipinski definition) is 4. The molecular formula is C17H19N5. The van der Waals surface area contributed by atoms with Crippen LogP contribution in [0, 0.1) is 13.8 Å². The fourth-order valence-corrected chi connectivity index (χ4v) is 3.27. The predicted octanol–water partition coefficient (Wildman–Crippen LogP) is 2.89. The number of anilines is 1. The molecule has 1 fully saturated rings. The first-order valence-corrected chi connectivity index (χ1v) is 7.70. The SMILES string of the molecule is Cc1cc(C)n(C2CCN(c3cnc4ccccc4n3)C2)n1. The minimum Gasteiger partial charge on any atom is -0.353 e. The van der Waals surface area contributed by atoms with Crippen molar-refractivity contribution in [1.82, 2.24) is 19.7 Å².